The number of sulfone groups is 1. The molecule has 1 fully saturated rings. The first-order valence-corrected chi connectivity index (χ1v) is 11.5. The van der Waals surface area contributed by atoms with Crippen LogP contribution < -0.4 is 10.5 Å². The number of rotatable bonds is 4. The number of aliphatic hydroxyl groups excluding tert-OH is 1. The molecular formula is C19H17F3N2O4S2. The number of fused-ring (bicyclic) bond motifs is 1. The highest BCUT2D eigenvalue weighted by atomic mass is 32.2. The van der Waals surface area contributed by atoms with Crippen molar-refractivity contribution in [3.05, 3.63) is 58.3 Å². The fourth-order valence-electron chi connectivity index (χ4n) is 3.40. The summed E-state index contributed by atoms with van der Waals surface area (Å²) in [5, 5.41) is 10.2. The number of piperidine rings is 1. The molecule has 3 heterocycles. The van der Waals surface area contributed by atoms with E-state index in [1.807, 2.05) is 0 Å². The number of nitrogens with one attached hydrogen (secondary N) is 1. The first kappa shape index (κ1) is 20.9. The highest BCUT2D eigenvalue weighted by Crippen LogP contribution is 2.36. The molecule has 1 unspecified atom stereocenters. The minimum absolute atomic E-state index is 0.0894. The molecule has 2 aromatic heterocycles. The zero-order valence-electron chi connectivity index (χ0n) is 15.4. The molecule has 0 amide bonds. The van der Waals surface area contributed by atoms with Gasteiger partial charge in [-0.15, -0.1) is 11.3 Å². The monoisotopic (exact) mass is 458 g/mol. The Balaban J connectivity index is 1.61. The molecule has 2 N–H and O–H groups in total. The van der Waals surface area contributed by atoms with Gasteiger partial charge in [-0.25, -0.2) is 21.6 Å². The third-order valence-corrected chi connectivity index (χ3v) is 8.43. The van der Waals surface area contributed by atoms with Gasteiger partial charge >= 0.3 is 0 Å². The molecule has 0 aliphatic carbocycles. The normalized spacial score (nSPS) is 19.3. The topological polar surface area (TPSA) is 90.5 Å². The van der Waals surface area contributed by atoms with Crippen LogP contribution >= 0.6 is 11.3 Å². The molecule has 0 spiro atoms. The Morgan fingerprint density at radius 3 is 2.77 bits per heavy atom. The number of aliphatic hydroxyl groups is 1. The fourth-order valence-corrected chi connectivity index (χ4v) is 6.16. The summed E-state index contributed by atoms with van der Waals surface area (Å²) in [7, 11) is -3.97. The second kappa shape index (κ2) is 7.40. The van der Waals surface area contributed by atoms with E-state index in [2.05, 4.69) is 4.98 Å². The zero-order chi connectivity index (χ0) is 21.7. The summed E-state index contributed by atoms with van der Waals surface area (Å²) < 4.78 is 67.5. The van der Waals surface area contributed by atoms with Gasteiger partial charge in [0.05, 0.1) is 17.3 Å². The number of nitrogens with zero attached hydrogens (tertiary/aromatic N) is 1. The lowest BCUT2D eigenvalue weighted by atomic mass is 10.0. The molecule has 1 aromatic carbocycles. The summed E-state index contributed by atoms with van der Waals surface area (Å²) in [6, 6.07) is 6.55. The largest absolute Gasteiger partial charge is 0.387 e. The minimum atomic E-state index is -3.97. The number of alkyl halides is 2. The van der Waals surface area contributed by atoms with Crippen LogP contribution in [0.3, 0.4) is 0 Å². The van der Waals surface area contributed by atoms with Gasteiger partial charge in [-0.3, -0.25) is 4.79 Å². The molecule has 30 heavy (non-hydrogen) atoms. The number of hydrogen-bond acceptors (Lipinski definition) is 6. The molecule has 1 aliphatic heterocycles. The van der Waals surface area contributed by atoms with E-state index < -0.39 is 45.5 Å². The van der Waals surface area contributed by atoms with Gasteiger partial charge in [0.2, 0.25) is 0 Å². The van der Waals surface area contributed by atoms with Gasteiger partial charge in [0.25, 0.3) is 11.5 Å². The van der Waals surface area contributed by atoms with E-state index in [1.54, 1.807) is 0 Å². The summed E-state index contributed by atoms with van der Waals surface area (Å²) in [5.74, 6) is -4.71. The van der Waals surface area contributed by atoms with Crippen LogP contribution in [0.25, 0.3) is 10.8 Å². The van der Waals surface area contributed by atoms with Gasteiger partial charge in [0.1, 0.15) is 16.1 Å². The first-order valence-electron chi connectivity index (χ1n) is 9.00. The first-order chi connectivity index (χ1) is 14.1. The summed E-state index contributed by atoms with van der Waals surface area (Å²) in [5.41, 5.74) is -0.612. The van der Waals surface area contributed by atoms with Crippen LogP contribution in [0.2, 0.25) is 0 Å². The molecule has 0 bridgehead atoms. The maximum absolute atomic E-state index is 14.4. The number of aromatic amines is 1. The number of benzene rings is 1. The maximum atomic E-state index is 14.4. The lowest BCUT2D eigenvalue weighted by molar-refractivity contribution is -0.113. The molecule has 6 nitrogen and oxygen atoms in total. The zero-order valence-corrected chi connectivity index (χ0v) is 17.1. The summed E-state index contributed by atoms with van der Waals surface area (Å²) in [6.45, 7) is -0.547. The number of anilines is 1. The molecule has 1 atom stereocenters. The van der Waals surface area contributed by atoms with Crippen LogP contribution in [0.15, 0.2) is 45.5 Å². The summed E-state index contributed by atoms with van der Waals surface area (Å²) in [4.78, 5) is 15.7. The quantitative estimate of drug-likeness (QED) is 0.628. The lowest BCUT2D eigenvalue weighted by Gasteiger charge is -2.36. The molecule has 11 heteroatoms. The number of hydrogen-bond donors (Lipinski definition) is 2. The third kappa shape index (κ3) is 3.84. The van der Waals surface area contributed by atoms with Crippen LogP contribution in [-0.2, 0) is 15.6 Å². The van der Waals surface area contributed by atoms with Gasteiger partial charge in [0.15, 0.2) is 9.84 Å². The van der Waals surface area contributed by atoms with E-state index in [0.29, 0.717) is 10.4 Å². The number of halogens is 3. The Bertz CT molecular complexity index is 1270. The Morgan fingerprint density at radius 1 is 1.27 bits per heavy atom. The van der Waals surface area contributed by atoms with Crippen molar-refractivity contribution in [3.63, 3.8) is 0 Å². The number of pyridine rings is 1. The smallest absolute Gasteiger partial charge is 0.290 e. The molecule has 3 aromatic rings. The average Bonchev–Trinajstić information content (AvgIpc) is 3.16. The molecule has 1 aliphatic rings. The standard InChI is InChI=1S/C19H17F3N2O4S2/c20-14-8-11-3-5-23-18(26)13(11)7-12(14)9-30(27,28)17-2-1-16(29-17)24-6-4-15(25)19(21,22)10-24/h1-3,5,7-8,15,25H,4,6,9-10H2,(H,23,26). The Kier molecular flexibility index (Phi) is 5.15. The van der Waals surface area contributed by atoms with Crippen LogP contribution in [0, 0.1) is 5.82 Å². The van der Waals surface area contributed by atoms with Gasteiger partial charge < -0.3 is 15.0 Å². The lowest BCUT2D eigenvalue weighted by Crippen LogP contribution is -2.51. The molecule has 0 radical (unpaired) electrons. The third-order valence-electron chi connectivity index (χ3n) is 5.03. The predicted octanol–water partition coefficient (Wildman–Crippen LogP) is 2.91. The Morgan fingerprint density at radius 2 is 2.03 bits per heavy atom. The number of H-pyrrole nitrogens is 1. The van der Waals surface area contributed by atoms with Gasteiger partial charge in [-0.2, -0.15) is 0 Å². The van der Waals surface area contributed by atoms with E-state index in [-0.39, 0.29) is 28.1 Å². The van der Waals surface area contributed by atoms with E-state index in [1.165, 1.54) is 35.4 Å². The van der Waals surface area contributed by atoms with Crippen molar-refractivity contribution >= 4 is 36.9 Å². The molecule has 160 valence electrons. The van der Waals surface area contributed by atoms with E-state index >= 15 is 0 Å². The number of aromatic nitrogens is 1. The van der Waals surface area contributed by atoms with Crippen molar-refractivity contribution in [1.29, 1.82) is 0 Å². The predicted molar refractivity (Wildman–Crippen MR) is 108 cm³/mol. The SMILES string of the molecule is O=c1[nH]ccc2cc(F)c(CS(=O)(=O)c3ccc(N4CCC(O)C(F)(F)C4)s3)cc12. The number of thiophene rings is 1. The van der Waals surface area contributed by atoms with Crippen molar-refractivity contribution < 1.29 is 26.7 Å². The fraction of sp³-hybridized carbons (Fsp3) is 0.316. The van der Waals surface area contributed by atoms with Crippen molar-refractivity contribution in [2.45, 2.75) is 28.4 Å². The van der Waals surface area contributed by atoms with Crippen LogP contribution in [0.5, 0.6) is 0 Å². The second-order valence-corrected chi connectivity index (χ2v) is 10.5. The van der Waals surface area contributed by atoms with Gasteiger partial charge in [0, 0.05) is 23.7 Å². The Hall–Kier alpha value is -2.37. The van der Waals surface area contributed by atoms with E-state index in [9.17, 15) is 31.5 Å². The molecule has 1 saturated heterocycles. The second-order valence-electron chi connectivity index (χ2n) is 7.18. The van der Waals surface area contributed by atoms with E-state index in [4.69, 9.17) is 0 Å². The van der Waals surface area contributed by atoms with Crippen molar-refractivity contribution in [3.8, 4) is 0 Å². The van der Waals surface area contributed by atoms with Crippen LogP contribution in [0.4, 0.5) is 18.2 Å². The van der Waals surface area contributed by atoms with Crippen molar-refractivity contribution in [2.75, 3.05) is 18.0 Å². The summed E-state index contributed by atoms with van der Waals surface area (Å²) in [6.07, 6.45) is -0.489. The Labute approximate surface area is 173 Å². The van der Waals surface area contributed by atoms with Crippen molar-refractivity contribution in [1.82, 2.24) is 4.98 Å². The van der Waals surface area contributed by atoms with Crippen molar-refractivity contribution in [2.24, 2.45) is 0 Å². The molecule has 4 rings (SSSR count). The highest BCUT2D eigenvalue weighted by molar-refractivity contribution is 7.92. The average molecular weight is 458 g/mol. The van der Waals surface area contributed by atoms with Gasteiger partial charge in [-0.05, 0) is 42.1 Å². The van der Waals surface area contributed by atoms with E-state index in [0.717, 1.165) is 17.4 Å². The highest BCUT2D eigenvalue weighted by Gasteiger charge is 2.44. The van der Waals surface area contributed by atoms with Gasteiger partial charge in [-0.1, -0.05) is 0 Å². The van der Waals surface area contributed by atoms with Crippen LogP contribution in [0.1, 0.15) is 12.0 Å². The molecular weight excluding hydrogens is 441 g/mol. The molecule has 0 saturated carbocycles. The minimum Gasteiger partial charge on any atom is -0.387 e. The van der Waals surface area contributed by atoms with Crippen LogP contribution in [-0.4, -0.2) is 43.6 Å². The maximum Gasteiger partial charge on any atom is 0.290 e. The summed E-state index contributed by atoms with van der Waals surface area (Å²) >= 11 is 0.813.